The van der Waals surface area contributed by atoms with E-state index in [1.165, 1.54) is 6.92 Å². The van der Waals surface area contributed by atoms with Gasteiger partial charge in [-0.15, -0.1) is 0 Å². The molecule has 0 amide bonds. The molecule has 0 spiro atoms. The Labute approximate surface area is 263 Å². The van der Waals surface area contributed by atoms with Crippen LogP contribution in [0.25, 0.3) is 0 Å². The Morgan fingerprint density at radius 1 is 1.00 bits per heavy atom. The zero-order valence-electron chi connectivity index (χ0n) is 27.9. The minimum absolute atomic E-state index is 0.0522. The van der Waals surface area contributed by atoms with Crippen LogP contribution in [-0.2, 0) is 23.9 Å². The molecular formula is C36H56O8. The van der Waals surface area contributed by atoms with Gasteiger partial charge in [-0.2, -0.15) is 0 Å². The number of ether oxygens (including phenoxy) is 2. The van der Waals surface area contributed by atoms with Crippen LogP contribution in [0.5, 0.6) is 0 Å². The number of aliphatic carboxylic acids is 1. The molecule has 5 rings (SSSR count). The summed E-state index contributed by atoms with van der Waals surface area (Å²) in [4.78, 5) is 38.7. The molecule has 8 heteroatoms. The third-order valence-corrected chi connectivity index (χ3v) is 13.6. The number of carbonyl (C=O) groups excluding carboxylic acids is 2. The van der Waals surface area contributed by atoms with E-state index in [1.807, 2.05) is 6.92 Å². The Balaban J connectivity index is 1.62. The van der Waals surface area contributed by atoms with Crippen LogP contribution in [0.1, 0.15) is 119 Å². The lowest BCUT2D eigenvalue weighted by molar-refractivity contribution is -0.289. The van der Waals surface area contributed by atoms with Crippen LogP contribution in [-0.4, -0.2) is 57.6 Å². The standard InChI is InChI=1S/C36H56O8/c1-19(2)10-8-13-23(32(40)41)28-24-14-15-27-34(5)17-16-25(38)20(3)29(34)30(44-33(42)22-11-9-12-22)31(39)36(27,7)35(24,6)18-26(28)43-21(4)37/h19-20,22,24-27,29-31,38-39H,8-18H2,1-7H3,(H,40,41)/b28-23-. The number of carboxylic acid groups (broad SMARTS) is 1. The molecule has 44 heavy (non-hydrogen) atoms. The van der Waals surface area contributed by atoms with Gasteiger partial charge in [-0.1, -0.05) is 54.4 Å². The van der Waals surface area contributed by atoms with Gasteiger partial charge in [0.1, 0.15) is 12.2 Å². The summed E-state index contributed by atoms with van der Waals surface area (Å²) < 4.78 is 12.3. The third kappa shape index (κ3) is 5.14. The fourth-order valence-electron chi connectivity index (χ4n) is 11.0. The number of aliphatic hydroxyl groups is 2. The Morgan fingerprint density at radius 3 is 2.25 bits per heavy atom. The fourth-order valence-corrected chi connectivity index (χ4v) is 11.0. The third-order valence-electron chi connectivity index (χ3n) is 13.6. The number of carboxylic acids is 1. The molecular weight excluding hydrogens is 560 g/mol. The van der Waals surface area contributed by atoms with Crippen molar-refractivity contribution in [2.45, 2.75) is 144 Å². The van der Waals surface area contributed by atoms with Gasteiger partial charge >= 0.3 is 17.9 Å². The van der Waals surface area contributed by atoms with E-state index in [1.54, 1.807) is 0 Å². The topological polar surface area (TPSA) is 130 Å². The first kappa shape index (κ1) is 33.4. The number of esters is 2. The van der Waals surface area contributed by atoms with Gasteiger partial charge in [0.15, 0.2) is 0 Å². The fraction of sp³-hybridized carbons (Fsp3) is 0.861. The predicted molar refractivity (Wildman–Crippen MR) is 165 cm³/mol. The molecule has 0 aromatic carbocycles. The second-order valence-electron chi connectivity index (χ2n) is 16.2. The molecule has 11 unspecified atom stereocenters. The molecule has 5 saturated carbocycles. The Bertz CT molecular complexity index is 1170. The molecule has 5 fully saturated rings. The number of carbonyl (C=O) groups is 3. The maximum absolute atomic E-state index is 13.4. The van der Waals surface area contributed by atoms with Crippen LogP contribution >= 0.6 is 0 Å². The lowest BCUT2D eigenvalue weighted by Gasteiger charge is -2.70. The summed E-state index contributed by atoms with van der Waals surface area (Å²) in [6.45, 7) is 14.2. The maximum atomic E-state index is 13.4. The van der Waals surface area contributed by atoms with Crippen molar-refractivity contribution in [1.29, 1.82) is 0 Å². The van der Waals surface area contributed by atoms with Gasteiger partial charge in [-0.05, 0) is 97.9 Å². The normalized spacial score (nSPS) is 44.6. The molecule has 0 aromatic heterocycles. The van der Waals surface area contributed by atoms with Gasteiger partial charge in [-0.3, -0.25) is 9.59 Å². The van der Waals surface area contributed by atoms with E-state index in [4.69, 9.17) is 9.47 Å². The maximum Gasteiger partial charge on any atom is 0.331 e. The molecule has 0 aromatic rings. The minimum atomic E-state index is -1.01. The van der Waals surface area contributed by atoms with Crippen molar-refractivity contribution in [2.75, 3.05) is 0 Å². The van der Waals surface area contributed by atoms with Crippen LogP contribution < -0.4 is 0 Å². The zero-order chi connectivity index (χ0) is 32.4. The average Bonchev–Trinajstić information content (AvgIpc) is 3.17. The van der Waals surface area contributed by atoms with Gasteiger partial charge in [0.05, 0.1) is 18.1 Å². The summed E-state index contributed by atoms with van der Waals surface area (Å²) in [5.74, 6) is -1.84. The van der Waals surface area contributed by atoms with Crippen LogP contribution in [0.3, 0.4) is 0 Å². The molecule has 248 valence electrons. The van der Waals surface area contributed by atoms with E-state index in [9.17, 15) is 29.7 Å². The van der Waals surface area contributed by atoms with Gasteiger partial charge in [0, 0.05) is 23.8 Å². The lowest BCUT2D eigenvalue weighted by Crippen LogP contribution is -2.72. The van der Waals surface area contributed by atoms with Gasteiger partial charge in [0.25, 0.3) is 0 Å². The first-order chi connectivity index (χ1) is 20.6. The van der Waals surface area contributed by atoms with Crippen molar-refractivity contribution >= 4 is 17.9 Å². The van der Waals surface area contributed by atoms with Crippen LogP contribution in [0.2, 0.25) is 0 Å². The summed E-state index contributed by atoms with van der Waals surface area (Å²) in [7, 11) is 0. The quantitative estimate of drug-likeness (QED) is 0.221. The Kier molecular flexibility index (Phi) is 9.13. The lowest BCUT2D eigenvalue weighted by atomic mass is 9.35. The second-order valence-corrected chi connectivity index (χ2v) is 16.2. The highest BCUT2D eigenvalue weighted by molar-refractivity contribution is 5.88. The zero-order valence-corrected chi connectivity index (χ0v) is 27.9. The van der Waals surface area contributed by atoms with E-state index in [0.29, 0.717) is 36.3 Å². The molecule has 0 aliphatic heterocycles. The average molecular weight is 617 g/mol. The Hall–Kier alpha value is -1.93. The molecule has 8 nitrogen and oxygen atoms in total. The predicted octanol–water partition coefficient (Wildman–Crippen LogP) is 6.07. The summed E-state index contributed by atoms with van der Waals surface area (Å²) in [5, 5.41) is 34.2. The van der Waals surface area contributed by atoms with Gasteiger partial charge < -0.3 is 24.8 Å². The summed E-state index contributed by atoms with van der Waals surface area (Å²) in [6.07, 6.45) is 5.01. The van der Waals surface area contributed by atoms with E-state index in [2.05, 4.69) is 34.6 Å². The van der Waals surface area contributed by atoms with E-state index < -0.39 is 47.2 Å². The highest BCUT2D eigenvalue weighted by Crippen LogP contribution is 2.74. The summed E-state index contributed by atoms with van der Waals surface area (Å²) in [6, 6.07) is 0. The number of hydrogen-bond donors (Lipinski definition) is 3. The van der Waals surface area contributed by atoms with E-state index >= 15 is 0 Å². The number of hydrogen-bond acceptors (Lipinski definition) is 7. The monoisotopic (exact) mass is 616 g/mol. The largest absolute Gasteiger partial charge is 0.478 e. The van der Waals surface area contributed by atoms with Crippen molar-refractivity contribution in [3.05, 3.63) is 11.1 Å². The first-order valence-electron chi connectivity index (χ1n) is 17.3. The molecule has 11 atom stereocenters. The molecule has 0 bridgehead atoms. The van der Waals surface area contributed by atoms with Crippen molar-refractivity contribution in [3.8, 4) is 0 Å². The summed E-state index contributed by atoms with van der Waals surface area (Å²) in [5.41, 5.74) is -0.604. The van der Waals surface area contributed by atoms with Crippen LogP contribution in [0.4, 0.5) is 0 Å². The highest BCUT2D eigenvalue weighted by atomic mass is 16.6. The SMILES string of the molecule is CC(=O)OC1CC2(C)C(CCC3C4(C)CCC(O)C(C)C4C(OC(=O)C4CCC4)C(O)C32C)/C1=C(\CCCC(C)C)C(=O)O. The van der Waals surface area contributed by atoms with Crippen LogP contribution in [0, 0.1) is 51.8 Å². The minimum Gasteiger partial charge on any atom is -0.478 e. The van der Waals surface area contributed by atoms with Gasteiger partial charge in [0.2, 0.25) is 0 Å². The molecule has 0 saturated heterocycles. The Morgan fingerprint density at radius 2 is 1.68 bits per heavy atom. The first-order valence-corrected chi connectivity index (χ1v) is 17.3. The van der Waals surface area contributed by atoms with Crippen LogP contribution in [0.15, 0.2) is 11.1 Å². The van der Waals surface area contributed by atoms with E-state index in [-0.39, 0.29) is 41.0 Å². The molecule has 5 aliphatic carbocycles. The number of aliphatic hydroxyl groups excluding tert-OH is 2. The number of fused-ring (bicyclic) bond motifs is 5. The molecule has 3 N–H and O–H groups in total. The van der Waals surface area contributed by atoms with Crippen molar-refractivity contribution in [2.24, 2.45) is 51.8 Å². The van der Waals surface area contributed by atoms with Crippen molar-refractivity contribution < 1.29 is 39.2 Å². The highest BCUT2D eigenvalue weighted by Gasteiger charge is 2.74. The van der Waals surface area contributed by atoms with Gasteiger partial charge in [-0.25, -0.2) is 4.79 Å². The molecule has 5 aliphatic rings. The molecule has 0 heterocycles. The smallest absolute Gasteiger partial charge is 0.331 e. The summed E-state index contributed by atoms with van der Waals surface area (Å²) >= 11 is 0. The second kappa shape index (κ2) is 12.0. The van der Waals surface area contributed by atoms with Crippen molar-refractivity contribution in [1.82, 2.24) is 0 Å². The van der Waals surface area contributed by atoms with E-state index in [0.717, 1.165) is 51.4 Å². The van der Waals surface area contributed by atoms with Crippen molar-refractivity contribution in [3.63, 3.8) is 0 Å². The number of rotatable bonds is 8. The molecule has 0 radical (unpaired) electrons.